The molecule has 6 heteroatoms. The number of amides is 2. The quantitative estimate of drug-likeness (QED) is 0.866. The van der Waals surface area contributed by atoms with Crippen LogP contribution in [0.3, 0.4) is 0 Å². The number of nitrogens with one attached hydrogen (secondary N) is 2. The Morgan fingerprint density at radius 1 is 1.27 bits per heavy atom. The van der Waals surface area contributed by atoms with Crippen LogP contribution >= 0.6 is 0 Å². The topological polar surface area (TPSA) is 70.7 Å². The van der Waals surface area contributed by atoms with Gasteiger partial charge >= 0.3 is 6.09 Å². The molecule has 2 N–H and O–H groups in total. The van der Waals surface area contributed by atoms with Gasteiger partial charge in [0, 0.05) is 18.6 Å². The van der Waals surface area contributed by atoms with Crippen LogP contribution in [-0.2, 0) is 16.1 Å². The molecule has 0 aromatic heterocycles. The van der Waals surface area contributed by atoms with Crippen LogP contribution in [0.4, 0.5) is 4.79 Å². The monoisotopic (exact) mass is 303 g/mol. The molecule has 2 saturated heterocycles. The minimum absolute atomic E-state index is 0.00313. The molecular weight excluding hydrogens is 282 g/mol. The van der Waals surface area contributed by atoms with Crippen LogP contribution < -0.4 is 10.6 Å². The SMILES string of the molecule is O=C(NCC(=O)N1CCC2NCCC21)OCc1ccccc1. The molecule has 3 rings (SSSR count). The molecule has 0 spiro atoms. The Balaban J connectivity index is 1.40. The summed E-state index contributed by atoms with van der Waals surface area (Å²) in [4.78, 5) is 25.7. The summed E-state index contributed by atoms with van der Waals surface area (Å²) < 4.78 is 5.09. The fourth-order valence-corrected chi connectivity index (χ4v) is 3.20. The number of hydrogen-bond acceptors (Lipinski definition) is 4. The van der Waals surface area contributed by atoms with Gasteiger partial charge in [-0.25, -0.2) is 4.79 Å². The van der Waals surface area contributed by atoms with Gasteiger partial charge in [0.2, 0.25) is 5.91 Å². The highest BCUT2D eigenvalue weighted by molar-refractivity contribution is 5.82. The lowest BCUT2D eigenvalue weighted by Gasteiger charge is -2.23. The number of carbonyl (C=O) groups excluding carboxylic acids is 2. The lowest BCUT2D eigenvalue weighted by atomic mass is 10.1. The second-order valence-corrected chi connectivity index (χ2v) is 5.71. The van der Waals surface area contributed by atoms with Crippen molar-refractivity contribution in [1.29, 1.82) is 0 Å². The molecule has 2 unspecified atom stereocenters. The fraction of sp³-hybridized carbons (Fsp3) is 0.500. The Bertz CT molecular complexity index is 535. The number of nitrogens with zero attached hydrogens (tertiary/aromatic N) is 1. The molecule has 2 heterocycles. The fourth-order valence-electron chi connectivity index (χ4n) is 3.20. The maximum atomic E-state index is 12.2. The molecule has 22 heavy (non-hydrogen) atoms. The third kappa shape index (κ3) is 3.39. The van der Waals surface area contributed by atoms with Gasteiger partial charge in [-0.1, -0.05) is 30.3 Å². The van der Waals surface area contributed by atoms with Crippen molar-refractivity contribution in [3.63, 3.8) is 0 Å². The highest BCUT2D eigenvalue weighted by Crippen LogP contribution is 2.24. The van der Waals surface area contributed by atoms with Gasteiger partial charge in [-0.3, -0.25) is 4.79 Å². The summed E-state index contributed by atoms with van der Waals surface area (Å²) in [5.74, 6) is -0.0344. The van der Waals surface area contributed by atoms with Crippen molar-refractivity contribution in [2.45, 2.75) is 31.5 Å². The van der Waals surface area contributed by atoms with E-state index in [1.54, 1.807) is 0 Å². The van der Waals surface area contributed by atoms with E-state index in [0.29, 0.717) is 6.04 Å². The molecule has 1 aromatic rings. The Hall–Kier alpha value is -2.08. The summed E-state index contributed by atoms with van der Waals surface area (Å²) in [6.45, 7) is 1.93. The van der Waals surface area contributed by atoms with E-state index in [0.717, 1.165) is 31.5 Å². The van der Waals surface area contributed by atoms with Crippen LogP contribution in [0.2, 0.25) is 0 Å². The molecule has 0 aliphatic carbocycles. The number of hydrogen-bond donors (Lipinski definition) is 2. The molecule has 0 saturated carbocycles. The van der Waals surface area contributed by atoms with E-state index in [2.05, 4.69) is 10.6 Å². The van der Waals surface area contributed by atoms with Gasteiger partial charge in [-0.2, -0.15) is 0 Å². The van der Waals surface area contributed by atoms with Gasteiger partial charge in [0.05, 0.1) is 0 Å². The number of carbonyl (C=O) groups is 2. The number of ether oxygens (including phenoxy) is 1. The molecular formula is C16H21N3O3. The second-order valence-electron chi connectivity index (χ2n) is 5.71. The molecule has 2 aliphatic rings. The Morgan fingerprint density at radius 3 is 2.91 bits per heavy atom. The normalized spacial score (nSPS) is 23.2. The summed E-state index contributed by atoms with van der Waals surface area (Å²) >= 11 is 0. The first kappa shape index (κ1) is 14.8. The zero-order valence-corrected chi connectivity index (χ0v) is 12.5. The van der Waals surface area contributed by atoms with Crippen molar-refractivity contribution in [3.8, 4) is 0 Å². The lowest BCUT2D eigenvalue weighted by molar-refractivity contribution is -0.130. The van der Waals surface area contributed by atoms with Gasteiger partial charge in [0.25, 0.3) is 0 Å². The maximum absolute atomic E-state index is 12.2. The van der Waals surface area contributed by atoms with Crippen molar-refractivity contribution in [1.82, 2.24) is 15.5 Å². The van der Waals surface area contributed by atoms with Crippen molar-refractivity contribution in [2.24, 2.45) is 0 Å². The maximum Gasteiger partial charge on any atom is 0.407 e. The number of benzene rings is 1. The van der Waals surface area contributed by atoms with Crippen LogP contribution in [-0.4, -0.2) is 48.6 Å². The van der Waals surface area contributed by atoms with Crippen LogP contribution in [0, 0.1) is 0 Å². The van der Waals surface area contributed by atoms with Crippen molar-refractivity contribution >= 4 is 12.0 Å². The molecule has 2 fully saturated rings. The van der Waals surface area contributed by atoms with E-state index in [1.165, 1.54) is 0 Å². The second kappa shape index (κ2) is 6.79. The van der Waals surface area contributed by atoms with E-state index in [-0.39, 0.29) is 25.1 Å². The summed E-state index contributed by atoms with van der Waals surface area (Å²) in [5, 5.41) is 5.94. The van der Waals surface area contributed by atoms with E-state index in [9.17, 15) is 9.59 Å². The molecule has 2 amide bonds. The van der Waals surface area contributed by atoms with Crippen molar-refractivity contribution < 1.29 is 14.3 Å². The number of likely N-dealkylation sites (tertiary alicyclic amines) is 1. The standard InChI is InChI=1S/C16H21N3O3/c20-15(19-9-7-13-14(19)6-8-17-13)10-18-16(21)22-11-12-4-2-1-3-5-12/h1-5,13-14,17H,6-11H2,(H,18,21). The van der Waals surface area contributed by atoms with Crippen LogP contribution in [0.15, 0.2) is 30.3 Å². The molecule has 2 aliphatic heterocycles. The van der Waals surface area contributed by atoms with Gasteiger partial charge < -0.3 is 20.3 Å². The first-order valence-corrected chi connectivity index (χ1v) is 7.71. The van der Waals surface area contributed by atoms with E-state index < -0.39 is 6.09 Å². The van der Waals surface area contributed by atoms with Gasteiger partial charge in [-0.05, 0) is 24.9 Å². The van der Waals surface area contributed by atoms with E-state index >= 15 is 0 Å². The predicted octanol–water partition coefficient (Wildman–Crippen LogP) is 0.876. The Labute approximate surface area is 129 Å². The van der Waals surface area contributed by atoms with Gasteiger partial charge in [-0.15, -0.1) is 0 Å². The van der Waals surface area contributed by atoms with Gasteiger partial charge in [0.15, 0.2) is 0 Å². The first-order valence-electron chi connectivity index (χ1n) is 7.71. The molecule has 0 radical (unpaired) electrons. The van der Waals surface area contributed by atoms with E-state index in [1.807, 2.05) is 35.2 Å². The third-order valence-electron chi connectivity index (χ3n) is 4.31. The predicted molar refractivity (Wildman–Crippen MR) is 81.2 cm³/mol. The third-order valence-corrected chi connectivity index (χ3v) is 4.31. The number of rotatable bonds is 4. The smallest absolute Gasteiger partial charge is 0.407 e. The van der Waals surface area contributed by atoms with Crippen LogP contribution in [0.5, 0.6) is 0 Å². The lowest BCUT2D eigenvalue weighted by Crippen LogP contribution is -2.44. The van der Waals surface area contributed by atoms with Crippen LogP contribution in [0.25, 0.3) is 0 Å². The average Bonchev–Trinajstić information content (AvgIpc) is 3.14. The molecule has 1 aromatic carbocycles. The van der Waals surface area contributed by atoms with Gasteiger partial charge in [0.1, 0.15) is 13.2 Å². The molecule has 118 valence electrons. The zero-order chi connectivity index (χ0) is 15.4. The highest BCUT2D eigenvalue weighted by Gasteiger charge is 2.39. The molecule has 2 atom stereocenters. The number of alkyl carbamates (subject to hydrolysis) is 1. The Morgan fingerprint density at radius 2 is 2.09 bits per heavy atom. The molecule has 0 bridgehead atoms. The largest absolute Gasteiger partial charge is 0.445 e. The first-order chi connectivity index (χ1) is 10.7. The minimum atomic E-state index is -0.558. The Kier molecular flexibility index (Phi) is 4.58. The molecule has 6 nitrogen and oxygen atoms in total. The van der Waals surface area contributed by atoms with Crippen molar-refractivity contribution in [2.75, 3.05) is 19.6 Å². The average molecular weight is 303 g/mol. The minimum Gasteiger partial charge on any atom is -0.445 e. The summed E-state index contributed by atoms with van der Waals surface area (Å²) in [6, 6.07) is 10.2. The van der Waals surface area contributed by atoms with E-state index in [4.69, 9.17) is 4.74 Å². The zero-order valence-electron chi connectivity index (χ0n) is 12.5. The summed E-state index contributed by atoms with van der Waals surface area (Å²) in [7, 11) is 0. The van der Waals surface area contributed by atoms with Crippen LogP contribution in [0.1, 0.15) is 18.4 Å². The summed E-state index contributed by atoms with van der Waals surface area (Å²) in [5.41, 5.74) is 0.920. The number of fused-ring (bicyclic) bond motifs is 1. The van der Waals surface area contributed by atoms with Crippen molar-refractivity contribution in [3.05, 3.63) is 35.9 Å². The highest BCUT2D eigenvalue weighted by atomic mass is 16.5. The summed E-state index contributed by atoms with van der Waals surface area (Å²) in [6.07, 6.45) is 1.43.